The number of fused-ring (bicyclic) bond motifs is 1. The zero-order valence-corrected chi connectivity index (χ0v) is 18.5. The summed E-state index contributed by atoms with van der Waals surface area (Å²) in [6, 6.07) is 9.65. The molecule has 166 valence electrons. The first-order valence-electron chi connectivity index (χ1n) is 10.6. The number of benzene rings is 1. The van der Waals surface area contributed by atoms with Crippen molar-refractivity contribution in [3.63, 3.8) is 0 Å². The van der Waals surface area contributed by atoms with Crippen LogP contribution in [0.1, 0.15) is 54.1 Å². The molecule has 0 aliphatic heterocycles. The van der Waals surface area contributed by atoms with Crippen molar-refractivity contribution in [2.75, 3.05) is 5.32 Å². The second-order valence-corrected chi connectivity index (χ2v) is 7.99. The monoisotopic (exact) mass is 452 g/mol. The lowest BCUT2D eigenvalue weighted by Gasteiger charge is -2.24. The number of aryl methyl sites for hydroxylation is 1. The number of nitrogens with one attached hydrogen (secondary N) is 2. The third-order valence-corrected chi connectivity index (χ3v) is 5.86. The number of H-pyrrole nitrogens is 1. The topological polar surface area (TPSA) is 109 Å². The number of rotatable bonds is 4. The lowest BCUT2D eigenvalue weighted by molar-refractivity contribution is 0.102. The van der Waals surface area contributed by atoms with Crippen LogP contribution in [0.2, 0.25) is 0 Å². The number of aromatic amines is 1. The highest BCUT2D eigenvalue weighted by molar-refractivity contribution is 6.05. The van der Waals surface area contributed by atoms with Crippen molar-refractivity contribution in [2.24, 2.45) is 7.05 Å². The van der Waals surface area contributed by atoms with Crippen molar-refractivity contribution in [1.82, 2.24) is 25.0 Å². The molecule has 0 bridgehead atoms. The number of aromatic nitrogens is 5. The van der Waals surface area contributed by atoms with Gasteiger partial charge in [-0.25, -0.2) is 4.98 Å². The number of carbonyl (C=O) groups is 1. The molecular weight excluding hydrogens is 428 g/mol. The van der Waals surface area contributed by atoms with E-state index in [1.165, 1.54) is 24.8 Å². The molecule has 32 heavy (non-hydrogen) atoms. The van der Waals surface area contributed by atoms with Crippen LogP contribution in [0.25, 0.3) is 22.2 Å². The van der Waals surface area contributed by atoms with Gasteiger partial charge in [-0.05, 0) is 48.6 Å². The van der Waals surface area contributed by atoms with E-state index in [1.54, 1.807) is 18.5 Å². The van der Waals surface area contributed by atoms with Crippen LogP contribution in [-0.2, 0) is 7.05 Å². The Morgan fingerprint density at radius 2 is 2.03 bits per heavy atom. The molecule has 0 saturated heterocycles. The molecule has 5 rings (SSSR count). The highest BCUT2D eigenvalue weighted by Gasteiger charge is 2.21. The first-order valence-corrected chi connectivity index (χ1v) is 10.9. The van der Waals surface area contributed by atoms with E-state index in [-0.39, 0.29) is 5.91 Å². The average molecular weight is 453 g/mol. The van der Waals surface area contributed by atoms with Crippen molar-refractivity contribution in [3.8, 4) is 11.3 Å². The van der Waals surface area contributed by atoms with Crippen molar-refractivity contribution in [1.29, 1.82) is 0 Å². The molecule has 0 atom stereocenters. The normalized spacial score (nSPS) is 14.1. The van der Waals surface area contributed by atoms with Gasteiger partial charge in [0.15, 0.2) is 0 Å². The number of hydrogen-bond donors (Lipinski definition) is 3. The molecule has 0 spiro atoms. The highest BCUT2D eigenvalue weighted by atomic mass is 35.5. The molecule has 1 aliphatic carbocycles. The van der Waals surface area contributed by atoms with Crippen LogP contribution in [0, 0.1) is 0 Å². The molecule has 1 aromatic carbocycles. The molecule has 1 amide bonds. The van der Waals surface area contributed by atoms with Crippen LogP contribution in [0.5, 0.6) is 0 Å². The SMILES string of the molecule is Cn1cc2cc(NC(=O)c3cccc(-c4cn[nH]c4)n3)c(C3CCCCC3)cc2n1.OCl. The van der Waals surface area contributed by atoms with Crippen LogP contribution < -0.4 is 5.32 Å². The third-order valence-electron chi connectivity index (χ3n) is 5.86. The summed E-state index contributed by atoms with van der Waals surface area (Å²) >= 11 is 3.64. The molecule has 3 heterocycles. The zero-order chi connectivity index (χ0) is 22.5. The Morgan fingerprint density at radius 1 is 1.22 bits per heavy atom. The second-order valence-electron chi connectivity index (χ2n) is 7.99. The fourth-order valence-corrected chi connectivity index (χ4v) is 4.37. The average Bonchev–Trinajstić information content (AvgIpc) is 3.49. The van der Waals surface area contributed by atoms with Gasteiger partial charge in [-0.3, -0.25) is 19.2 Å². The van der Waals surface area contributed by atoms with Crippen LogP contribution in [0.4, 0.5) is 5.69 Å². The van der Waals surface area contributed by atoms with E-state index < -0.39 is 0 Å². The molecule has 9 heteroatoms. The van der Waals surface area contributed by atoms with E-state index in [9.17, 15) is 4.79 Å². The standard InChI is InChI=1S/C23H24N6O.ClHO/c1-29-14-16-10-22(18(11-21(16)28-29)15-6-3-2-4-7-15)27-23(30)20-9-5-8-19(26-20)17-12-24-25-13-17;1-2/h5,8-15H,2-4,6-7H2,1H3,(H,24,25)(H,27,30);2H. The van der Waals surface area contributed by atoms with Gasteiger partial charge in [0, 0.05) is 36.1 Å². The van der Waals surface area contributed by atoms with E-state index in [2.05, 4.69) is 43.5 Å². The first-order chi connectivity index (χ1) is 15.7. The van der Waals surface area contributed by atoms with Crippen LogP contribution in [0.15, 0.2) is 48.9 Å². The minimum Gasteiger partial charge on any atom is -0.320 e. The van der Waals surface area contributed by atoms with Gasteiger partial charge in [0.05, 0.1) is 29.3 Å². The van der Waals surface area contributed by atoms with Crippen LogP contribution in [-0.4, -0.2) is 35.5 Å². The summed E-state index contributed by atoms with van der Waals surface area (Å²) in [7, 11) is 1.92. The van der Waals surface area contributed by atoms with Gasteiger partial charge in [-0.15, -0.1) is 0 Å². The Bertz CT molecular complexity index is 1200. The maximum Gasteiger partial charge on any atom is 0.274 e. The summed E-state index contributed by atoms with van der Waals surface area (Å²) in [5, 5.41) is 15.5. The number of halogens is 1. The van der Waals surface area contributed by atoms with E-state index in [0.717, 1.165) is 35.0 Å². The predicted molar refractivity (Wildman–Crippen MR) is 124 cm³/mol. The van der Waals surface area contributed by atoms with E-state index in [4.69, 9.17) is 4.66 Å². The van der Waals surface area contributed by atoms with Crippen molar-refractivity contribution in [3.05, 3.63) is 60.2 Å². The van der Waals surface area contributed by atoms with Crippen molar-refractivity contribution >= 4 is 34.4 Å². The summed E-state index contributed by atoms with van der Waals surface area (Å²) in [6.07, 6.45) is 11.5. The largest absolute Gasteiger partial charge is 0.320 e. The lowest BCUT2D eigenvalue weighted by Crippen LogP contribution is -2.16. The molecule has 1 fully saturated rings. The van der Waals surface area contributed by atoms with E-state index in [0.29, 0.717) is 17.3 Å². The molecule has 8 nitrogen and oxygen atoms in total. The third kappa shape index (κ3) is 4.66. The number of hydrogen-bond acceptors (Lipinski definition) is 5. The summed E-state index contributed by atoms with van der Waals surface area (Å²) in [4.78, 5) is 17.6. The lowest BCUT2D eigenvalue weighted by atomic mass is 9.83. The summed E-state index contributed by atoms with van der Waals surface area (Å²) in [5.41, 5.74) is 4.96. The zero-order valence-electron chi connectivity index (χ0n) is 17.8. The van der Waals surface area contributed by atoms with Gasteiger partial charge >= 0.3 is 0 Å². The number of amides is 1. The predicted octanol–water partition coefficient (Wildman–Crippen LogP) is 4.79. The van der Waals surface area contributed by atoms with Crippen molar-refractivity contribution < 1.29 is 9.45 Å². The minimum atomic E-state index is -0.208. The molecule has 1 aliphatic rings. The Morgan fingerprint density at radius 3 is 2.78 bits per heavy atom. The van der Waals surface area contributed by atoms with Gasteiger partial charge in [0.2, 0.25) is 0 Å². The second kappa shape index (κ2) is 9.93. The van der Waals surface area contributed by atoms with Gasteiger partial charge in [-0.1, -0.05) is 25.3 Å². The summed E-state index contributed by atoms with van der Waals surface area (Å²) in [5.74, 6) is 0.242. The van der Waals surface area contributed by atoms with Crippen LogP contribution >= 0.6 is 11.9 Å². The van der Waals surface area contributed by atoms with E-state index in [1.807, 2.05) is 36.1 Å². The molecular formula is C23H25ClN6O2. The Kier molecular flexibility index (Phi) is 6.82. The smallest absolute Gasteiger partial charge is 0.274 e. The van der Waals surface area contributed by atoms with Gasteiger partial charge in [-0.2, -0.15) is 10.2 Å². The maximum atomic E-state index is 13.1. The van der Waals surface area contributed by atoms with Crippen LogP contribution in [0.3, 0.4) is 0 Å². The molecule has 4 aromatic rings. The highest BCUT2D eigenvalue weighted by Crippen LogP contribution is 2.38. The molecule has 0 radical (unpaired) electrons. The van der Waals surface area contributed by atoms with Crippen molar-refractivity contribution in [2.45, 2.75) is 38.0 Å². The number of anilines is 1. The summed E-state index contributed by atoms with van der Waals surface area (Å²) < 4.78 is 8.29. The fraction of sp³-hybridized carbons (Fsp3) is 0.304. The Balaban J connectivity index is 0.00000119. The minimum absolute atomic E-state index is 0.208. The molecule has 3 aromatic heterocycles. The number of pyridine rings is 1. The molecule has 0 unspecified atom stereocenters. The maximum absolute atomic E-state index is 13.1. The number of nitrogens with zero attached hydrogens (tertiary/aromatic N) is 4. The molecule has 1 saturated carbocycles. The Labute approximate surface area is 190 Å². The van der Waals surface area contributed by atoms with Gasteiger partial charge in [0.1, 0.15) is 5.69 Å². The molecule has 3 N–H and O–H groups in total. The quantitative estimate of drug-likeness (QED) is 0.412. The number of carbonyl (C=O) groups excluding carboxylic acids is 1. The van der Waals surface area contributed by atoms with Gasteiger partial charge < -0.3 is 5.32 Å². The fourth-order valence-electron chi connectivity index (χ4n) is 4.37. The van der Waals surface area contributed by atoms with E-state index >= 15 is 0 Å². The summed E-state index contributed by atoms with van der Waals surface area (Å²) in [6.45, 7) is 0. The van der Waals surface area contributed by atoms with Gasteiger partial charge in [0.25, 0.3) is 5.91 Å². The Hall–Kier alpha value is -3.23. The first kappa shape index (κ1) is 22.0.